The molecule has 0 radical (unpaired) electrons. The number of nitrogens with one attached hydrogen (secondary N) is 6. The van der Waals surface area contributed by atoms with Gasteiger partial charge in [-0.2, -0.15) is 0 Å². The van der Waals surface area contributed by atoms with Gasteiger partial charge in [-0.1, -0.05) is 157 Å². The Balaban J connectivity index is 0.000000221. The third-order valence-electron chi connectivity index (χ3n) is 20.8. The van der Waals surface area contributed by atoms with Crippen molar-refractivity contribution < 1.29 is 28.8 Å². The highest BCUT2D eigenvalue weighted by atomic mass is 16.1. The first kappa shape index (κ1) is 73.7. The van der Waals surface area contributed by atoms with E-state index in [2.05, 4.69) is 68.3 Å². The minimum absolute atomic E-state index is 0.0944. The number of carbonyl (C=O) groups excluding carboxylic acids is 6. The molecule has 2 aromatic carbocycles. The fourth-order valence-corrected chi connectivity index (χ4v) is 16.1. The van der Waals surface area contributed by atoms with Crippen molar-refractivity contribution in [3.8, 4) is 11.1 Å². The van der Waals surface area contributed by atoms with E-state index in [-0.39, 0.29) is 59.4 Å². The number of Topliss-reactive ketones (excluding diaryl/α,β-unsaturated/α-hetero) is 6. The van der Waals surface area contributed by atoms with Gasteiger partial charge in [-0.15, -0.1) is 0 Å². The van der Waals surface area contributed by atoms with Gasteiger partial charge in [0.05, 0.1) is 36.3 Å². The summed E-state index contributed by atoms with van der Waals surface area (Å²) in [6.45, 7) is 10.1. The Hall–Kier alpha value is -3.78. The Morgan fingerprint density at radius 1 is 0.412 bits per heavy atom. The second-order valence-electron chi connectivity index (χ2n) is 27.3. The van der Waals surface area contributed by atoms with Gasteiger partial charge in [-0.3, -0.25) is 28.8 Å². The molecule has 6 atom stereocenters. The molecule has 6 N–H and O–H groups in total. The Morgan fingerprint density at radius 2 is 0.812 bits per heavy atom. The number of ketones is 6. The van der Waals surface area contributed by atoms with E-state index >= 15 is 0 Å². The van der Waals surface area contributed by atoms with Crippen LogP contribution in [0.1, 0.15) is 227 Å². The molecule has 85 heavy (non-hydrogen) atoms. The van der Waals surface area contributed by atoms with Gasteiger partial charge in [0.25, 0.3) is 0 Å². The molecular formula is C73H122N6O6. The third-order valence-corrected chi connectivity index (χ3v) is 20.8. The highest BCUT2D eigenvalue weighted by Crippen LogP contribution is 2.61. The lowest BCUT2D eigenvalue weighted by molar-refractivity contribution is -0.131. The van der Waals surface area contributed by atoms with E-state index in [1.807, 2.05) is 60.5 Å². The van der Waals surface area contributed by atoms with Gasteiger partial charge < -0.3 is 31.9 Å². The molecule has 12 heteroatoms. The van der Waals surface area contributed by atoms with Crippen molar-refractivity contribution in [3.05, 3.63) is 60.2 Å². The Kier molecular flexibility index (Phi) is 34.7. The summed E-state index contributed by atoms with van der Waals surface area (Å²) in [6, 6.07) is 19.1. The number of hydrogen-bond acceptors (Lipinski definition) is 12. The molecule has 4 bridgehead atoms. The molecule has 0 saturated heterocycles. The maximum Gasteiger partial charge on any atom is 0.147 e. The average Bonchev–Trinajstić information content (AvgIpc) is 1.01. The van der Waals surface area contributed by atoms with Crippen LogP contribution in [0, 0.1) is 46.8 Å². The largest absolute Gasteiger partial charge is 0.311 e. The van der Waals surface area contributed by atoms with Gasteiger partial charge in [0, 0.05) is 0 Å². The van der Waals surface area contributed by atoms with Crippen molar-refractivity contribution in [1.29, 1.82) is 0 Å². The molecule has 0 unspecified atom stereocenters. The molecular weight excluding hydrogens is 1060 g/mol. The second kappa shape index (κ2) is 40.0. The number of benzene rings is 2. The minimum Gasteiger partial charge on any atom is -0.311 e. The summed E-state index contributed by atoms with van der Waals surface area (Å²) in [5, 5.41) is 18.7. The molecule has 0 aliphatic heterocycles. The first-order valence-electron chi connectivity index (χ1n) is 34.0. The molecule has 8 saturated carbocycles. The summed E-state index contributed by atoms with van der Waals surface area (Å²) in [5.74, 6) is 7.55. The van der Waals surface area contributed by atoms with Crippen LogP contribution in [0.4, 0.5) is 0 Å². The Morgan fingerprint density at radius 3 is 1.16 bits per heavy atom. The van der Waals surface area contributed by atoms with Crippen molar-refractivity contribution in [1.82, 2.24) is 31.9 Å². The van der Waals surface area contributed by atoms with Crippen molar-refractivity contribution in [2.75, 3.05) is 42.3 Å². The lowest BCUT2D eigenvalue weighted by Gasteiger charge is -2.59. The zero-order valence-electron chi connectivity index (χ0n) is 55.7. The predicted octanol–water partition coefficient (Wildman–Crippen LogP) is 13.2. The van der Waals surface area contributed by atoms with Gasteiger partial charge in [0.15, 0.2) is 0 Å². The summed E-state index contributed by atoms with van der Waals surface area (Å²) >= 11 is 0. The zero-order chi connectivity index (χ0) is 62.3. The van der Waals surface area contributed by atoms with Crippen LogP contribution in [0.15, 0.2) is 54.6 Å². The first-order chi connectivity index (χ1) is 40.8. The van der Waals surface area contributed by atoms with Gasteiger partial charge >= 0.3 is 0 Å². The van der Waals surface area contributed by atoms with Crippen molar-refractivity contribution in [2.24, 2.45) is 46.8 Å². The second-order valence-corrected chi connectivity index (χ2v) is 27.3. The molecule has 480 valence electrons. The van der Waals surface area contributed by atoms with Gasteiger partial charge in [0.1, 0.15) is 34.7 Å². The van der Waals surface area contributed by atoms with Crippen molar-refractivity contribution >= 4 is 34.7 Å². The van der Waals surface area contributed by atoms with Crippen LogP contribution in [-0.2, 0) is 35.2 Å². The maximum atomic E-state index is 11.8. The molecule has 8 aliphatic rings. The quantitative estimate of drug-likeness (QED) is 0.0588. The molecule has 0 amide bonds. The number of rotatable bonds is 24. The van der Waals surface area contributed by atoms with Crippen LogP contribution < -0.4 is 31.9 Å². The molecule has 8 aliphatic carbocycles. The van der Waals surface area contributed by atoms with Crippen molar-refractivity contribution in [2.45, 2.75) is 264 Å². The van der Waals surface area contributed by atoms with Crippen LogP contribution in [0.3, 0.4) is 0 Å². The molecule has 2 aromatic rings. The van der Waals surface area contributed by atoms with E-state index in [0.717, 1.165) is 61.2 Å². The fraction of sp³-hybridized carbons (Fsp3) is 0.753. The number of likely N-dealkylation sites (N-methyl/N-ethyl adjacent to an activating group) is 6. The monoisotopic (exact) mass is 1180 g/mol. The Bertz CT molecular complexity index is 2200. The molecule has 8 fully saturated rings. The molecule has 0 spiro atoms. The van der Waals surface area contributed by atoms with E-state index in [0.29, 0.717) is 22.9 Å². The SMILES string of the molecule is CN[C@@H](CC1CCC1)C(C)=O.CN[C@@H](CC1CCCCC1)C(C)=O.CN[C@@H](CCC1CCCCC1)C(C)=O.CN[C@@H](Cc1ccc(-c2ccccc2)cc1)C(C)=O.CN[C@H](C(C)=O)C12CC3CC(CC(C3)C1)C2.CN[C@H](C(C)=O)C1CCCCC1. The van der Waals surface area contributed by atoms with E-state index in [1.54, 1.807) is 41.5 Å². The van der Waals surface area contributed by atoms with E-state index in [9.17, 15) is 28.8 Å². The van der Waals surface area contributed by atoms with Crippen LogP contribution in [0.25, 0.3) is 11.1 Å². The first-order valence-corrected chi connectivity index (χ1v) is 34.0. The van der Waals surface area contributed by atoms with Gasteiger partial charge in [0.2, 0.25) is 0 Å². The third kappa shape index (κ3) is 25.7. The number of carbonyl (C=O) groups is 6. The summed E-state index contributed by atoms with van der Waals surface area (Å²) in [7, 11) is 11.3. The van der Waals surface area contributed by atoms with E-state index in [1.165, 1.54) is 177 Å². The van der Waals surface area contributed by atoms with Crippen LogP contribution >= 0.6 is 0 Å². The maximum absolute atomic E-state index is 11.8. The smallest absolute Gasteiger partial charge is 0.147 e. The highest BCUT2D eigenvalue weighted by Gasteiger charge is 2.55. The average molecular weight is 1180 g/mol. The van der Waals surface area contributed by atoms with E-state index < -0.39 is 0 Å². The van der Waals surface area contributed by atoms with E-state index in [4.69, 9.17) is 0 Å². The highest BCUT2D eigenvalue weighted by molar-refractivity contribution is 5.84. The molecule has 12 nitrogen and oxygen atoms in total. The van der Waals surface area contributed by atoms with Gasteiger partial charge in [-0.25, -0.2) is 0 Å². The fourth-order valence-electron chi connectivity index (χ4n) is 16.1. The number of hydrogen-bond donors (Lipinski definition) is 6. The van der Waals surface area contributed by atoms with Crippen molar-refractivity contribution in [3.63, 3.8) is 0 Å². The molecule has 0 heterocycles. The van der Waals surface area contributed by atoms with Crippen LogP contribution in [0.5, 0.6) is 0 Å². The summed E-state index contributed by atoms with van der Waals surface area (Å²) in [5.41, 5.74) is 3.92. The minimum atomic E-state index is -0.0948. The van der Waals surface area contributed by atoms with Crippen LogP contribution in [0.2, 0.25) is 0 Å². The predicted molar refractivity (Wildman–Crippen MR) is 353 cm³/mol. The molecule has 10 rings (SSSR count). The lowest BCUT2D eigenvalue weighted by Crippen LogP contribution is -2.57. The zero-order valence-corrected chi connectivity index (χ0v) is 55.7. The Labute approximate surface area is 517 Å². The summed E-state index contributed by atoms with van der Waals surface area (Å²) in [6.07, 6.45) is 37.5. The summed E-state index contributed by atoms with van der Waals surface area (Å²) < 4.78 is 0. The normalized spacial score (nSPS) is 24.1. The van der Waals surface area contributed by atoms with Gasteiger partial charge in [-0.05, 0) is 231 Å². The molecule has 0 aromatic heterocycles. The lowest BCUT2D eigenvalue weighted by atomic mass is 9.47. The summed E-state index contributed by atoms with van der Waals surface area (Å²) in [4.78, 5) is 67.8. The van der Waals surface area contributed by atoms with Crippen LogP contribution in [-0.4, -0.2) is 113 Å². The topological polar surface area (TPSA) is 175 Å². The standard InChI is InChI=1S/C17H19NO.C14H23NO.C12H23NO.C11H21NO.C10H19NO.C9H17NO/c1-13(19)17(18-2)12-14-8-10-16(11-9-14)15-6-4-3-5-7-15;1-9(16)13(15-2)14-6-10-3-11(7-14)5-12(4-10)8-14;1-10(14)12(13-2)9-8-11-6-4-3-5-7-11;1-9(13)11(12-2)8-10-6-4-3-5-7-10;1-8(12)10(11-2)9-6-4-3-5-7-9;1-7(11)9(10-2)6-8-4-3-5-8/h3-11,17-18H,12H2,1-2H3;10-13,15H,3-8H2,1-2H3;11-13H,3-9H2,1-2H3;10-12H,3-8H2,1-2H3;9-11H,3-7H2,1-2H3;8-10H,3-6H2,1-2H3/t17-;10?,11?,12?,13-,14?;12-;11-;10-;9-/m010010/s1.